The van der Waals surface area contributed by atoms with Gasteiger partial charge >= 0.3 is 5.97 Å². The summed E-state index contributed by atoms with van der Waals surface area (Å²) in [5.41, 5.74) is 5.17. The number of carbonyl (C=O) groups is 1. The Kier molecular flexibility index (Phi) is 5.02. The molecule has 1 aromatic rings. The van der Waals surface area contributed by atoms with Crippen molar-refractivity contribution < 1.29 is 14.6 Å². The van der Waals surface area contributed by atoms with Crippen molar-refractivity contribution in [3.63, 3.8) is 0 Å². The second-order valence-electron chi connectivity index (χ2n) is 10.7. The summed E-state index contributed by atoms with van der Waals surface area (Å²) >= 11 is 0. The first-order valence-electron chi connectivity index (χ1n) is 10.2. The van der Waals surface area contributed by atoms with Crippen molar-refractivity contribution in [2.75, 3.05) is 6.61 Å². The Bertz CT molecular complexity index is 851. The zero-order valence-electron chi connectivity index (χ0n) is 18.3. The summed E-state index contributed by atoms with van der Waals surface area (Å²) in [6.07, 6.45) is 7.47. The molecule has 3 rings (SSSR count). The summed E-state index contributed by atoms with van der Waals surface area (Å²) in [6.45, 7) is 16.2. The van der Waals surface area contributed by atoms with E-state index in [1.165, 1.54) is 22.8 Å². The Morgan fingerprint density at radius 1 is 1.29 bits per heavy atom. The highest BCUT2D eigenvalue weighted by Crippen LogP contribution is 2.57. The van der Waals surface area contributed by atoms with Crippen LogP contribution in [0.1, 0.15) is 71.6 Å². The smallest absolute Gasteiger partial charge is 0.328 e. The van der Waals surface area contributed by atoms with Gasteiger partial charge in [0.15, 0.2) is 0 Å². The van der Waals surface area contributed by atoms with E-state index in [9.17, 15) is 4.79 Å². The van der Waals surface area contributed by atoms with Crippen LogP contribution in [0, 0.1) is 11.3 Å². The van der Waals surface area contributed by atoms with Gasteiger partial charge in [-0.1, -0.05) is 65.8 Å². The lowest BCUT2D eigenvalue weighted by Gasteiger charge is -2.23. The Morgan fingerprint density at radius 2 is 1.96 bits per heavy atom. The monoisotopic (exact) mass is 382 g/mol. The van der Waals surface area contributed by atoms with E-state index in [2.05, 4.69) is 59.8 Å². The molecule has 0 spiro atoms. The molecule has 1 aliphatic carbocycles. The molecular weight excluding hydrogens is 348 g/mol. The predicted molar refractivity (Wildman–Crippen MR) is 114 cm³/mol. The standard InChI is InChI=1S/C25H34O3/c1-16(10-21(26)27)8-9-18-14-25(18,7)19-11-17(13-23(2,3)4)22-20(12-19)24(5,6)15-28-22/h8-12,18H,13-15H2,1-7H3,(H,26,27)/b9-8+,16-10+/t18-,25+/m1/s1. The second kappa shape index (κ2) is 6.79. The highest BCUT2D eigenvalue weighted by Gasteiger charge is 2.50. The maximum Gasteiger partial charge on any atom is 0.328 e. The minimum Gasteiger partial charge on any atom is -0.492 e. The summed E-state index contributed by atoms with van der Waals surface area (Å²) in [5, 5.41) is 8.89. The van der Waals surface area contributed by atoms with Crippen LogP contribution >= 0.6 is 0 Å². The van der Waals surface area contributed by atoms with Gasteiger partial charge in [0.05, 0.1) is 6.61 Å². The van der Waals surface area contributed by atoms with E-state index in [-0.39, 0.29) is 16.2 Å². The van der Waals surface area contributed by atoms with Crippen LogP contribution in [-0.4, -0.2) is 17.7 Å². The fourth-order valence-corrected chi connectivity index (χ4v) is 4.25. The molecule has 2 aliphatic rings. The van der Waals surface area contributed by atoms with Crippen LogP contribution in [0.5, 0.6) is 5.75 Å². The zero-order chi connectivity index (χ0) is 20.9. The van der Waals surface area contributed by atoms with Crippen LogP contribution in [0.2, 0.25) is 0 Å². The third kappa shape index (κ3) is 4.19. The highest BCUT2D eigenvalue weighted by atomic mass is 16.5. The number of fused-ring (bicyclic) bond motifs is 1. The summed E-state index contributed by atoms with van der Waals surface area (Å²) in [7, 11) is 0. The Hall–Kier alpha value is -2.03. The molecule has 3 heteroatoms. The first kappa shape index (κ1) is 20.7. The van der Waals surface area contributed by atoms with Gasteiger partial charge in [0.2, 0.25) is 0 Å². The maximum atomic E-state index is 10.8. The molecule has 0 aromatic heterocycles. The lowest BCUT2D eigenvalue weighted by molar-refractivity contribution is -0.131. The molecule has 1 aliphatic heterocycles. The second-order valence-corrected chi connectivity index (χ2v) is 10.7. The molecule has 1 heterocycles. The summed E-state index contributed by atoms with van der Waals surface area (Å²) in [5.74, 6) is 0.643. The average Bonchev–Trinajstić information content (AvgIpc) is 3.10. The molecule has 152 valence electrons. The fraction of sp³-hybridized carbons (Fsp3) is 0.560. The van der Waals surface area contributed by atoms with Crippen molar-refractivity contribution in [1.29, 1.82) is 0 Å². The van der Waals surface area contributed by atoms with Gasteiger partial charge < -0.3 is 9.84 Å². The number of hydrogen-bond acceptors (Lipinski definition) is 2. The molecule has 0 unspecified atom stereocenters. The molecule has 3 nitrogen and oxygen atoms in total. The maximum absolute atomic E-state index is 10.8. The lowest BCUT2D eigenvalue weighted by atomic mass is 9.79. The van der Waals surface area contributed by atoms with Crippen LogP contribution in [0.4, 0.5) is 0 Å². The van der Waals surface area contributed by atoms with Crippen molar-refractivity contribution in [2.45, 2.75) is 72.1 Å². The Labute approximate surface area is 169 Å². The number of allylic oxidation sites excluding steroid dienone is 3. The van der Waals surface area contributed by atoms with E-state index in [1.807, 2.05) is 13.0 Å². The number of aliphatic carboxylic acids is 1. The van der Waals surface area contributed by atoms with Crippen LogP contribution in [0.15, 0.2) is 35.9 Å². The summed E-state index contributed by atoms with van der Waals surface area (Å²) in [4.78, 5) is 10.8. The van der Waals surface area contributed by atoms with Gasteiger partial charge in [0, 0.05) is 17.1 Å². The predicted octanol–water partition coefficient (Wildman–Crippen LogP) is 5.81. The third-order valence-corrected chi connectivity index (χ3v) is 6.10. The highest BCUT2D eigenvalue weighted by molar-refractivity contribution is 5.81. The molecule has 0 radical (unpaired) electrons. The van der Waals surface area contributed by atoms with Gasteiger partial charge in [-0.15, -0.1) is 0 Å². The number of benzene rings is 1. The van der Waals surface area contributed by atoms with E-state index >= 15 is 0 Å². The van der Waals surface area contributed by atoms with E-state index in [4.69, 9.17) is 9.84 Å². The van der Waals surface area contributed by atoms with E-state index in [1.54, 1.807) is 0 Å². The molecule has 28 heavy (non-hydrogen) atoms. The average molecular weight is 383 g/mol. The summed E-state index contributed by atoms with van der Waals surface area (Å²) < 4.78 is 6.14. The van der Waals surface area contributed by atoms with Gasteiger partial charge in [-0.2, -0.15) is 0 Å². The fourth-order valence-electron chi connectivity index (χ4n) is 4.25. The molecule has 1 N–H and O–H groups in total. The van der Waals surface area contributed by atoms with Crippen molar-refractivity contribution >= 4 is 5.97 Å². The topological polar surface area (TPSA) is 46.5 Å². The number of hydrogen-bond donors (Lipinski definition) is 1. The number of carboxylic acid groups (broad SMARTS) is 1. The quantitative estimate of drug-likeness (QED) is 0.516. The van der Waals surface area contributed by atoms with Crippen LogP contribution in [0.25, 0.3) is 0 Å². The van der Waals surface area contributed by atoms with Gasteiger partial charge in [-0.05, 0) is 53.2 Å². The van der Waals surface area contributed by atoms with Crippen molar-refractivity contribution in [3.05, 3.63) is 52.6 Å². The number of carboxylic acids is 1. The molecular formula is C25H34O3. The Balaban J connectivity index is 1.94. The number of rotatable bonds is 5. The largest absolute Gasteiger partial charge is 0.492 e. The molecule has 1 aromatic carbocycles. The first-order valence-corrected chi connectivity index (χ1v) is 10.2. The normalized spacial score (nSPS) is 26.2. The van der Waals surface area contributed by atoms with Gasteiger partial charge in [-0.3, -0.25) is 0 Å². The zero-order valence-corrected chi connectivity index (χ0v) is 18.3. The molecule has 1 saturated carbocycles. The van der Waals surface area contributed by atoms with Crippen molar-refractivity contribution in [3.8, 4) is 5.75 Å². The van der Waals surface area contributed by atoms with Crippen molar-refractivity contribution in [1.82, 2.24) is 0 Å². The van der Waals surface area contributed by atoms with Crippen LogP contribution in [0.3, 0.4) is 0 Å². The molecule has 1 fully saturated rings. The van der Waals surface area contributed by atoms with Crippen LogP contribution < -0.4 is 4.74 Å². The molecule has 0 saturated heterocycles. The molecule has 2 atom stereocenters. The minimum atomic E-state index is -0.895. The van der Waals surface area contributed by atoms with Gasteiger partial charge in [-0.25, -0.2) is 4.79 Å². The van der Waals surface area contributed by atoms with Crippen LogP contribution in [-0.2, 0) is 22.0 Å². The third-order valence-electron chi connectivity index (χ3n) is 6.10. The minimum absolute atomic E-state index is 0.0371. The van der Waals surface area contributed by atoms with E-state index < -0.39 is 5.97 Å². The lowest BCUT2D eigenvalue weighted by Crippen LogP contribution is -2.19. The molecule has 0 amide bonds. The van der Waals surface area contributed by atoms with Crippen molar-refractivity contribution in [2.24, 2.45) is 11.3 Å². The Morgan fingerprint density at radius 3 is 2.57 bits per heavy atom. The molecule has 0 bridgehead atoms. The SMILES string of the molecule is CC(/C=C/[C@@H]1C[C@]1(C)c1cc(CC(C)(C)C)c2c(c1)C(C)(C)CO2)=C\C(=O)O. The van der Waals surface area contributed by atoms with Gasteiger partial charge in [0.1, 0.15) is 5.75 Å². The number of ether oxygens (including phenoxy) is 1. The summed E-state index contributed by atoms with van der Waals surface area (Å²) in [6, 6.07) is 4.72. The van der Waals surface area contributed by atoms with E-state index in [0.717, 1.165) is 30.8 Å². The van der Waals surface area contributed by atoms with Gasteiger partial charge in [0.25, 0.3) is 0 Å². The van der Waals surface area contributed by atoms with E-state index in [0.29, 0.717) is 5.92 Å². The first-order chi connectivity index (χ1) is 12.8.